The molecule has 0 N–H and O–H groups in total. The fourth-order valence-electron chi connectivity index (χ4n) is 14.2. The molecule has 78 heavy (non-hydrogen) atoms. The Morgan fingerprint density at radius 2 is 0.731 bits per heavy atom. The molecule has 13 aromatic rings. The molecule has 0 radical (unpaired) electrons. The standard InChI is InChI=1S/C74H45NO3/c1-5-25-56-51(20-1)52-44-41-47(45-63(52)74(56)60-29-9-15-37-69(60)77-70-38-16-10-30-61(70)74)49-19-3-11-32-64(49)75(48-42-39-46(40-43-48)50-23-17-24-54-53-21-4-12-34-66(53)78-72(50)54)65-33-18-31-62-71(65)55-22-2-6-26-57(55)73(62)58-27-7-13-35-67(58)76-68-36-14-8-28-59(68)73/h1-45H. The summed E-state index contributed by atoms with van der Waals surface area (Å²) in [6.07, 6.45) is 0. The lowest BCUT2D eigenvalue weighted by Crippen LogP contribution is -2.32. The first-order valence-electron chi connectivity index (χ1n) is 26.8. The first-order valence-corrected chi connectivity index (χ1v) is 26.8. The van der Waals surface area contributed by atoms with Crippen LogP contribution in [-0.2, 0) is 10.8 Å². The van der Waals surface area contributed by atoms with Crippen molar-refractivity contribution in [2.75, 3.05) is 4.90 Å². The third kappa shape index (κ3) is 5.68. The van der Waals surface area contributed by atoms with E-state index in [-0.39, 0.29) is 0 Å². The van der Waals surface area contributed by atoms with E-state index in [9.17, 15) is 0 Å². The van der Waals surface area contributed by atoms with Gasteiger partial charge in [-0.15, -0.1) is 0 Å². The maximum Gasteiger partial charge on any atom is 0.143 e. The van der Waals surface area contributed by atoms with Crippen LogP contribution in [0.25, 0.3) is 66.4 Å². The zero-order chi connectivity index (χ0) is 51.1. The van der Waals surface area contributed by atoms with Crippen LogP contribution in [0.4, 0.5) is 17.1 Å². The van der Waals surface area contributed by atoms with Gasteiger partial charge in [-0.2, -0.15) is 0 Å². The van der Waals surface area contributed by atoms with Crippen LogP contribution in [0.2, 0.25) is 0 Å². The number of rotatable bonds is 5. The fraction of sp³-hybridized carbons (Fsp3) is 0.0270. The molecule has 0 bridgehead atoms. The Labute approximate surface area is 451 Å². The van der Waals surface area contributed by atoms with Gasteiger partial charge in [0.2, 0.25) is 0 Å². The predicted molar refractivity (Wildman–Crippen MR) is 314 cm³/mol. The topological polar surface area (TPSA) is 34.8 Å². The second kappa shape index (κ2) is 16.2. The zero-order valence-electron chi connectivity index (χ0n) is 42.2. The van der Waals surface area contributed by atoms with Crippen LogP contribution >= 0.6 is 0 Å². The van der Waals surface area contributed by atoms with Crippen molar-refractivity contribution in [3.05, 3.63) is 317 Å². The molecule has 0 saturated carbocycles. The van der Waals surface area contributed by atoms with Gasteiger partial charge in [-0.1, -0.05) is 212 Å². The van der Waals surface area contributed by atoms with Crippen molar-refractivity contribution >= 4 is 39.0 Å². The number of hydrogen-bond donors (Lipinski definition) is 0. The highest BCUT2D eigenvalue weighted by atomic mass is 16.5. The predicted octanol–water partition coefficient (Wildman–Crippen LogP) is 19.3. The smallest absolute Gasteiger partial charge is 0.143 e. The minimum Gasteiger partial charge on any atom is -0.457 e. The Hall–Kier alpha value is -10.2. The van der Waals surface area contributed by atoms with E-state index >= 15 is 0 Å². The van der Waals surface area contributed by atoms with Gasteiger partial charge in [-0.05, 0) is 111 Å². The van der Waals surface area contributed by atoms with Crippen LogP contribution in [0.15, 0.2) is 277 Å². The van der Waals surface area contributed by atoms with Crippen LogP contribution in [0.1, 0.15) is 44.5 Å². The number of para-hydroxylation sites is 7. The van der Waals surface area contributed by atoms with Crippen molar-refractivity contribution in [1.29, 1.82) is 0 Å². The Morgan fingerprint density at radius 1 is 0.282 bits per heavy atom. The monoisotopic (exact) mass is 995 g/mol. The lowest BCUT2D eigenvalue weighted by molar-refractivity contribution is 0.436. The number of hydrogen-bond acceptors (Lipinski definition) is 4. The molecule has 0 unspecified atom stereocenters. The molecule has 2 aliphatic heterocycles. The minimum atomic E-state index is -0.646. The molecule has 2 aliphatic carbocycles. The molecule has 364 valence electrons. The van der Waals surface area contributed by atoms with Crippen molar-refractivity contribution < 1.29 is 13.9 Å². The normalized spacial score (nSPS) is 14.1. The molecular weight excluding hydrogens is 951 g/mol. The third-order valence-corrected chi connectivity index (χ3v) is 17.2. The Morgan fingerprint density at radius 3 is 1.40 bits per heavy atom. The summed E-state index contributed by atoms with van der Waals surface area (Å²) in [4.78, 5) is 2.50. The van der Waals surface area contributed by atoms with Gasteiger partial charge >= 0.3 is 0 Å². The van der Waals surface area contributed by atoms with E-state index in [0.29, 0.717) is 0 Å². The van der Waals surface area contributed by atoms with Crippen molar-refractivity contribution in [2.24, 2.45) is 0 Å². The number of furan rings is 1. The van der Waals surface area contributed by atoms with E-state index in [1.165, 1.54) is 44.5 Å². The molecule has 2 spiro atoms. The van der Waals surface area contributed by atoms with E-state index in [1.54, 1.807) is 0 Å². The summed E-state index contributed by atoms with van der Waals surface area (Å²) in [7, 11) is 0. The lowest BCUT2D eigenvalue weighted by atomic mass is 9.66. The second-order valence-corrected chi connectivity index (χ2v) is 20.9. The van der Waals surface area contributed by atoms with E-state index in [1.807, 2.05) is 6.07 Å². The van der Waals surface area contributed by atoms with E-state index in [4.69, 9.17) is 13.9 Å². The van der Waals surface area contributed by atoms with Crippen molar-refractivity contribution in [3.63, 3.8) is 0 Å². The summed E-state index contributed by atoms with van der Waals surface area (Å²) in [5, 5.41) is 2.23. The SMILES string of the molecule is c1ccc2c(c1)Oc1ccccc1C21c2ccccc2-c2ccc(-c3ccccc3N(c3ccc(-c4cccc5c4oc4ccccc45)cc3)c3cccc4c3-c3ccccc3C43c4ccccc4Oc4ccccc43)cc21. The molecule has 4 heteroatoms. The molecule has 12 aromatic carbocycles. The van der Waals surface area contributed by atoms with Gasteiger partial charge in [0.05, 0.1) is 22.2 Å². The largest absolute Gasteiger partial charge is 0.457 e. The maximum atomic E-state index is 6.78. The van der Waals surface area contributed by atoms with Gasteiger partial charge in [0, 0.05) is 55.4 Å². The number of fused-ring (bicyclic) bond motifs is 21. The minimum absolute atomic E-state index is 0.616. The van der Waals surface area contributed by atoms with Crippen LogP contribution in [0.5, 0.6) is 23.0 Å². The van der Waals surface area contributed by atoms with Crippen molar-refractivity contribution in [2.45, 2.75) is 10.8 Å². The van der Waals surface area contributed by atoms with E-state index in [2.05, 4.69) is 272 Å². The molecule has 0 amide bonds. The van der Waals surface area contributed by atoms with Crippen molar-refractivity contribution in [3.8, 4) is 67.5 Å². The van der Waals surface area contributed by atoms with Gasteiger partial charge in [0.25, 0.3) is 0 Å². The summed E-state index contributed by atoms with van der Waals surface area (Å²) in [6.45, 7) is 0. The number of anilines is 3. The van der Waals surface area contributed by atoms with Gasteiger partial charge in [-0.25, -0.2) is 0 Å². The van der Waals surface area contributed by atoms with E-state index in [0.717, 1.165) is 107 Å². The summed E-state index contributed by atoms with van der Waals surface area (Å²) < 4.78 is 20.1. The fourth-order valence-corrected chi connectivity index (χ4v) is 14.2. The first-order chi connectivity index (χ1) is 38.7. The Balaban J connectivity index is 0.918. The number of nitrogens with zero attached hydrogens (tertiary/aromatic N) is 1. The van der Waals surface area contributed by atoms with Gasteiger partial charge < -0.3 is 18.8 Å². The molecule has 0 saturated heterocycles. The molecule has 1 aromatic heterocycles. The Bertz CT molecular complexity index is 4570. The highest BCUT2D eigenvalue weighted by Crippen LogP contribution is 2.66. The van der Waals surface area contributed by atoms with Crippen LogP contribution in [0.3, 0.4) is 0 Å². The summed E-state index contributed by atoms with van der Waals surface area (Å²) >= 11 is 0. The molecule has 0 atom stereocenters. The average Bonchev–Trinajstić information content (AvgIpc) is 4.16. The zero-order valence-corrected chi connectivity index (χ0v) is 42.2. The maximum absolute atomic E-state index is 6.78. The third-order valence-electron chi connectivity index (χ3n) is 17.2. The van der Waals surface area contributed by atoms with Crippen LogP contribution in [-0.4, -0.2) is 0 Å². The number of ether oxygens (including phenoxy) is 2. The molecular formula is C74H45NO3. The van der Waals surface area contributed by atoms with E-state index < -0.39 is 10.8 Å². The molecule has 4 nitrogen and oxygen atoms in total. The van der Waals surface area contributed by atoms with Gasteiger partial charge in [0.1, 0.15) is 34.2 Å². The second-order valence-electron chi connectivity index (χ2n) is 20.9. The molecule has 3 heterocycles. The van der Waals surface area contributed by atoms with Crippen LogP contribution < -0.4 is 14.4 Å². The summed E-state index contributed by atoms with van der Waals surface area (Å²) in [6, 6.07) is 99.3. The quantitative estimate of drug-likeness (QED) is 0.172. The molecule has 4 aliphatic rings. The summed E-state index contributed by atoms with van der Waals surface area (Å²) in [5.41, 5.74) is 22.4. The van der Waals surface area contributed by atoms with Gasteiger partial charge in [0.15, 0.2) is 0 Å². The summed E-state index contributed by atoms with van der Waals surface area (Å²) in [5.74, 6) is 3.49. The van der Waals surface area contributed by atoms with Crippen molar-refractivity contribution in [1.82, 2.24) is 0 Å². The van der Waals surface area contributed by atoms with Gasteiger partial charge in [-0.3, -0.25) is 0 Å². The van der Waals surface area contributed by atoms with Crippen LogP contribution in [0, 0.1) is 0 Å². The number of benzene rings is 12. The lowest BCUT2D eigenvalue weighted by Gasteiger charge is -2.39. The molecule has 17 rings (SSSR count). The highest BCUT2D eigenvalue weighted by molar-refractivity contribution is 6.10. The average molecular weight is 996 g/mol. The highest BCUT2D eigenvalue weighted by Gasteiger charge is 2.53. The Kier molecular flexibility index (Phi) is 8.94. The first kappa shape index (κ1) is 43.1. The molecule has 0 fully saturated rings.